The highest BCUT2D eigenvalue weighted by Gasteiger charge is 2.37. The molecule has 1 aliphatic heterocycles. The lowest BCUT2D eigenvalue weighted by atomic mass is 9.77. The van der Waals surface area contributed by atoms with Crippen LogP contribution in [0.25, 0.3) is 0 Å². The summed E-state index contributed by atoms with van der Waals surface area (Å²) in [6.07, 6.45) is 16.1. The highest BCUT2D eigenvalue weighted by molar-refractivity contribution is 5.82. The van der Waals surface area contributed by atoms with E-state index < -0.39 is 16.2 Å². The molecule has 0 aromatic heterocycles. The molecule has 4 atom stereocenters. The number of amides is 1. The van der Waals surface area contributed by atoms with E-state index in [0.717, 1.165) is 99.1 Å². The number of esters is 3. The zero-order chi connectivity index (χ0) is 86.6. The van der Waals surface area contributed by atoms with Gasteiger partial charge in [-0.3, -0.25) is 24.1 Å². The zero-order valence-electron chi connectivity index (χ0n) is 78.0. The summed E-state index contributed by atoms with van der Waals surface area (Å²) in [5.41, 5.74) is 3.30. The zero-order valence-corrected chi connectivity index (χ0v) is 80.3. The van der Waals surface area contributed by atoms with Crippen LogP contribution < -0.4 is 37.2 Å². The summed E-state index contributed by atoms with van der Waals surface area (Å²) < 4.78 is 29.0. The molecule has 1 heterocycles. The lowest BCUT2D eigenvalue weighted by Gasteiger charge is -2.36. The molecule has 676 valence electrons. The lowest BCUT2D eigenvalue weighted by molar-refractivity contribution is -0.912. The van der Waals surface area contributed by atoms with Crippen molar-refractivity contribution in [2.45, 2.75) is 245 Å². The third-order valence-electron chi connectivity index (χ3n) is 21.1. The molecule has 116 heavy (non-hydrogen) atoms. The summed E-state index contributed by atoms with van der Waals surface area (Å²) in [6, 6.07) is 41.5. The van der Waals surface area contributed by atoms with Gasteiger partial charge >= 0.3 is 17.9 Å². The fourth-order valence-corrected chi connectivity index (χ4v) is 12.3. The number of likely N-dealkylation sites (tertiary alicyclic amines) is 1. The largest absolute Gasteiger partial charge is 1.00 e. The first-order chi connectivity index (χ1) is 53.2. The average molecular weight is 1700 g/mol. The van der Waals surface area contributed by atoms with Crippen molar-refractivity contribution in [1.82, 2.24) is 9.80 Å². The molecule has 0 radical (unpaired) electrons. The number of aliphatic hydroxyl groups excluding tert-OH is 4. The van der Waals surface area contributed by atoms with Crippen LogP contribution in [0.2, 0.25) is 0 Å². The van der Waals surface area contributed by atoms with E-state index in [1.807, 2.05) is 103 Å². The Morgan fingerprint density at radius 2 is 0.707 bits per heavy atom. The number of quaternary nitrogens is 3. The summed E-state index contributed by atoms with van der Waals surface area (Å²) >= 11 is 0. The number of unbranched alkanes of at least 4 members (excludes halogenated alkanes) is 2. The van der Waals surface area contributed by atoms with Gasteiger partial charge in [0.1, 0.15) is 19.8 Å². The van der Waals surface area contributed by atoms with E-state index in [9.17, 15) is 19.2 Å². The Labute approximate surface area is 728 Å². The summed E-state index contributed by atoms with van der Waals surface area (Å²) in [5.74, 6) is 1.26. The van der Waals surface area contributed by atoms with Gasteiger partial charge in [-0.1, -0.05) is 196 Å². The fraction of sp³-hybridized carbons (Fsp3) is 0.705. The Morgan fingerprint density at radius 1 is 0.422 bits per heavy atom. The Hall–Kier alpha value is -4.77. The van der Waals surface area contributed by atoms with Crippen molar-refractivity contribution >= 4 is 23.8 Å². The minimum atomic E-state index is -0.536. The molecular weight excluding hydrogens is 1530 g/mol. The molecule has 4 aromatic rings. The van der Waals surface area contributed by atoms with Crippen molar-refractivity contribution in [3.05, 3.63) is 144 Å². The number of ether oxygens (including phenoxy) is 5. The maximum absolute atomic E-state index is 13.2. The van der Waals surface area contributed by atoms with E-state index in [1.165, 1.54) is 83.6 Å². The highest BCUT2D eigenvalue weighted by Crippen LogP contribution is 2.39. The predicted molar refractivity (Wildman–Crippen MR) is 472 cm³/mol. The summed E-state index contributed by atoms with van der Waals surface area (Å²) in [7, 11) is 17.1. The van der Waals surface area contributed by atoms with Crippen molar-refractivity contribution in [2.24, 2.45) is 21.7 Å². The van der Waals surface area contributed by atoms with Crippen LogP contribution in [-0.2, 0) is 42.9 Å². The standard InChI is InChI=1S/C22H37NO.C18H28O4.C17H26O3.C16H24O3.C8H18N.2C5H14N.C4H11NO2.3ClH/c1-6-9-16-23(17-10-7-2)21(24)22(4,5)18-19(8-3)20-14-12-11-13-15-20;1-4-15(16-8-6-5-7-9-16)14-18(2,3)17(20)22-13-12-21-11-10-19;1-5-14(15-9-7-6-8-10-15)13-17(2,3)16(18)20-12-11-19-4;1-4-13(14-8-6-5-7-9-14)12-16(2,3)15(18)19-11-10-17;1-3-9(2)7-5-4-6-8-9;2*1-5-6(2,3)4;1-2-5(3-6)4-7;;;/h11-15,19H,6-10,16-18H2,1-5H3;5-9,15,19H,4,10-14H2,1-3H3;6-10,14H,5,11-13H2,1-4H3;5-9,13,17H,4,10-12H2,1-3H3;3-8H2,1-2H3;2*5H2,1-4H3;6-7H,2-4H2,1H3;3*1H/q;;;;3*+1;;;;/p-3. The number of halogens is 3. The number of nitrogens with zero attached hydrogens (tertiary/aromatic N) is 5. The van der Waals surface area contributed by atoms with Gasteiger partial charge in [-0.2, -0.15) is 0 Å². The van der Waals surface area contributed by atoms with Crippen LogP contribution in [0.5, 0.6) is 0 Å². The summed E-state index contributed by atoms with van der Waals surface area (Å²) in [4.78, 5) is 53.2. The molecule has 4 unspecified atom stereocenters. The number of benzene rings is 4. The van der Waals surface area contributed by atoms with Crippen LogP contribution in [0.3, 0.4) is 0 Å². The van der Waals surface area contributed by atoms with E-state index in [-0.39, 0.29) is 107 Å². The third-order valence-corrected chi connectivity index (χ3v) is 21.1. The molecule has 0 bridgehead atoms. The molecule has 0 spiro atoms. The summed E-state index contributed by atoms with van der Waals surface area (Å²) in [6.45, 7) is 47.8. The van der Waals surface area contributed by atoms with E-state index in [0.29, 0.717) is 55.9 Å². The predicted octanol–water partition coefficient (Wildman–Crippen LogP) is 9.37. The molecule has 4 N–H and O–H groups in total. The Kier molecular flexibility index (Phi) is 73.5. The van der Waals surface area contributed by atoms with Crippen LogP contribution in [0.15, 0.2) is 121 Å². The van der Waals surface area contributed by atoms with Gasteiger partial charge in [0.15, 0.2) is 0 Å². The van der Waals surface area contributed by atoms with Gasteiger partial charge in [0.25, 0.3) is 0 Å². The van der Waals surface area contributed by atoms with Crippen LogP contribution in [-0.4, -0.2) is 243 Å². The van der Waals surface area contributed by atoms with Crippen LogP contribution in [0.4, 0.5) is 0 Å². The molecule has 1 amide bonds. The molecular formula is C95H172Cl3N5O13. The minimum Gasteiger partial charge on any atom is -1.00 e. The number of methoxy groups -OCH3 is 1. The van der Waals surface area contributed by atoms with Gasteiger partial charge in [0.05, 0.1) is 145 Å². The number of hydrogen-bond donors (Lipinski definition) is 4. The number of hydrogen-bond acceptors (Lipinski definition) is 14. The Morgan fingerprint density at radius 3 is 0.931 bits per heavy atom. The van der Waals surface area contributed by atoms with Crippen molar-refractivity contribution in [1.29, 1.82) is 0 Å². The molecule has 0 saturated carbocycles. The van der Waals surface area contributed by atoms with Crippen LogP contribution in [0.1, 0.15) is 267 Å². The second-order valence-electron chi connectivity index (χ2n) is 34.8. The maximum atomic E-state index is 13.2. The number of piperidine rings is 1. The van der Waals surface area contributed by atoms with Gasteiger partial charge in [-0.05, 0) is 198 Å². The number of carbonyl (C=O) groups excluding carboxylic acids is 4. The topological polar surface area (TPSA) is 202 Å². The SMILES string of the molecule is CCC(CC(C)(C)C(=O)OCCO)c1ccccc1.CCC(CC(C)(C)C(=O)OCCOC)c1ccccc1.CCC(CC(C)(C)C(=O)OCCOCCO)c1ccccc1.CCCCN(CCCC)C(=O)C(C)(C)CC(CC)c1ccccc1.CCN(CO)CO.CC[N+](C)(C)C.CC[N+](C)(C)C.CC[N+]1(C)CCCCC1.[Cl-].[Cl-].[Cl-]. The van der Waals surface area contributed by atoms with Gasteiger partial charge in [0.2, 0.25) is 5.91 Å². The number of rotatable bonds is 42. The Balaban J connectivity index is -0.000000311. The van der Waals surface area contributed by atoms with Crippen molar-refractivity contribution in [3.8, 4) is 0 Å². The molecule has 1 aliphatic rings. The monoisotopic (exact) mass is 1700 g/mol. The number of carbonyl (C=O) groups is 4. The first-order valence-electron chi connectivity index (χ1n) is 42.9. The van der Waals surface area contributed by atoms with Crippen molar-refractivity contribution in [3.63, 3.8) is 0 Å². The molecule has 1 saturated heterocycles. The van der Waals surface area contributed by atoms with Gasteiger partial charge in [0, 0.05) is 25.6 Å². The second kappa shape index (κ2) is 69.8. The molecule has 1 fully saturated rings. The van der Waals surface area contributed by atoms with Gasteiger partial charge in [-0.15, -0.1) is 0 Å². The quantitative estimate of drug-likeness (QED) is 0.0107. The first kappa shape index (κ1) is 122. The van der Waals surface area contributed by atoms with E-state index in [4.69, 9.17) is 44.1 Å². The molecule has 18 nitrogen and oxygen atoms in total. The van der Waals surface area contributed by atoms with E-state index >= 15 is 0 Å². The minimum absolute atomic E-state index is 0. The van der Waals surface area contributed by atoms with Crippen molar-refractivity contribution in [2.75, 3.05) is 175 Å². The second-order valence-corrected chi connectivity index (χ2v) is 34.8. The van der Waals surface area contributed by atoms with Gasteiger partial charge < -0.3 is 99.7 Å². The normalized spacial score (nSPS) is 13.4. The third kappa shape index (κ3) is 58.2. The molecule has 5 rings (SSSR count). The highest BCUT2D eigenvalue weighted by atomic mass is 35.5. The van der Waals surface area contributed by atoms with Gasteiger partial charge in [-0.25, -0.2) is 0 Å². The molecule has 21 heteroatoms. The van der Waals surface area contributed by atoms with Crippen LogP contribution >= 0.6 is 0 Å². The smallest absolute Gasteiger partial charge is 0.311 e. The first-order valence-corrected chi connectivity index (χ1v) is 42.9. The van der Waals surface area contributed by atoms with Crippen LogP contribution in [0, 0.1) is 21.7 Å². The van der Waals surface area contributed by atoms with E-state index in [1.54, 1.807) is 7.11 Å². The molecule has 0 aliphatic carbocycles. The fourth-order valence-electron chi connectivity index (χ4n) is 12.3. The average Bonchev–Trinajstić information content (AvgIpc) is 0.831. The maximum Gasteiger partial charge on any atom is 0.311 e. The summed E-state index contributed by atoms with van der Waals surface area (Å²) in [5, 5.41) is 33.9. The molecule has 4 aromatic carbocycles. The lowest BCUT2D eigenvalue weighted by Crippen LogP contribution is -3.00. The van der Waals surface area contributed by atoms with Crippen molar-refractivity contribution < 1.29 is 114 Å². The van der Waals surface area contributed by atoms with E-state index in [2.05, 4.69) is 197 Å². The number of aliphatic hydroxyl groups is 4. The Bertz CT molecular complexity index is 2910.